The molecule has 1 aliphatic rings. The Labute approximate surface area is 126 Å². The lowest BCUT2D eigenvalue weighted by molar-refractivity contribution is -0.109. The van der Waals surface area contributed by atoms with E-state index in [0.717, 1.165) is 42.0 Å². The summed E-state index contributed by atoms with van der Waals surface area (Å²) in [7, 11) is 0. The highest BCUT2D eigenvalue weighted by atomic mass is 16.5. The fourth-order valence-electron chi connectivity index (χ4n) is 3.40. The van der Waals surface area contributed by atoms with Crippen LogP contribution in [0.1, 0.15) is 39.4 Å². The van der Waals surface area contributed by atoms with Crippen molar-refractivity contribution in [2.45, 2.75) is 52.7 Å². The number of H-pyrrole nitrogens is 1. The summed E-state index contributed by atoms with van der Waals surface area (Å²) < 4.78 is 5.87. The van der Waals surface area contributed by atoms with Gasteiger partial charge in [0.2, 0.25) is 0 Å². The molecule has 0 spiro atoms. The van der Waals surface area contributed by atoms with Crippen molar-refractivity contribution in [2.75, 3.05) is 11.9 Å². The molecular weight excluding hydrogens is 262 g/mol. The van der Waals surface area contributed by atoms with Gasteiger partial charge in [-0.05, 0) is 44.9 Å². The minimum absolute atomic E-state index is 0.217. The Morgan fingerprint density at radius 2 is 2.24 bits per heavy atom. The van der Waals surface area contributed by atoms with Gasteiger partial charge in [-0.1, -0.05) is 13.8 Å². The zero-order valence-corrected chi connectivity index (χ0v) is 13.4. The quantitative estimate of drug-likeness (QED) is 0.877. The standard InChI is InChI=1S/C17H25N3O/c1-5-17(4)15(10-16(17)21-6-2)20-12-7-8-13-14(9-12)19-11(3)18-13/h7-9,15-16,20H,5-6,10H2,1-4H3,(H,18,19). The average Bonchev–Trinajstić information content (AvgIpc) is 2.84. The van der Waals surface area contributed by atoms with Crippen LogP contribution >= 0.6 is 0 Å². The van der Waals surface area contributed by atoms with Crippen molar-refractivity contribution in [3.63, 3.8) is 0 Å². The maximum absolute atomic E-state index is 5.87. The Bertz CT molecular complexity index is 636. The van der Waals surface area contributed by atoms with E-state index in [4.69, 9.17) is 4.74 Å². The van der Waals surface area contributed by atoms with Gasteiger partial charge in [-0.3, -0.25) is 0 Å². The third kappa shape index (κ3) is 2.42. The monoisotopic (exact) mass is 287 g/mol. The van der Waals surface area contributed by atoms with Crippen molar-refractivity contribution in [1.29, 1.82) is 0 Å². The van der Waals surface area contributed by atoms with Crippen molar-refractivity contribution in [3.8, 4) is 0 Å². The molecule has 3 rings (SSSR count). The number of benzene rings is 1. The van der Waals surface area contributed by atoms with Gasteiger partial charge < -0.3 is 15.0 Å². The van der Waals surface area contributed by atoms with Crippen molar-refractivity contribution in [1.82, 2.24) is 9.97 Å². The second kappa shape index (κ2) is 5.34. The van der Waals surface area contributed by atoms with Gasteiger partial charge in [0.05, 0.1) is 17.1 Å². The van der Waals surface area contributed by atoms with Gasteiger partial charge in [0, 0.05) is 23.8 Å². The molecule has 0 bridgehead atoms. The molecule has 3 unspecified atom stereocenters. The van der Waals surface area contributed by atoms with E-state index in [9.17, 15) is 0 Å². The van der Waals surface area contributed by atoms with Crippen molar-refractivity contribution in [2.24, 2.45) is 5.41 Å². The third-order valence-electron chi connectivity index (χ3n) is 5.05. The summed E-state index contributed by atoms with van der Waals surface area (Å²) in [6.07, 6.45) is 2.59. The van der Waals surface area contributed by atoms with Gasteiger partial charge in [-0.2, -0.15) is 0 Å². The van der Waals surface area contributed by atoms with Gasteiger partial charge in [-0.25, -0.2) is 4.98 Å². The maximum atomic E-state index is 5.87. The maximum Gasteiger partial charge on any atom is 0.104 e. The fourth-order valence-corrected chi connectivity index (χ4v) is 3.40. The number of hydrogen-bond donors (Lipinski definition) is 2. The molecule has 1 fully saturated rings. The van der Waals surface area contributed by atoms with E-state index in [1.165, 1.54) is 0 Å². The molecule has 2 N–H and O–H groups in total. The molecule has 1 aromatic carbocycles. The summed E-state index contributed by atoms with van der Waals surface area (Å²) in [6, 6.07) is 6.82. The Kier molecular flexibility index (Phi) is 3.66. The summed E-state index contributed by atoms with van der Waals surface area (Å²) in [5.74, 6) is 0.959. The van der Waals surface area contributed by atoms with Crippen LogP contribution in [0.4, 0.5) is 5.69 Å². The highest BCUT2D eigenvalue weighted by molar-refractivity contribution is 5.79. The van der Waals surface area contributed by atoms with E-state index in [1.54, 1.807) is 0 Å². The van der Waals surface area contributed by atoms with E-state index in [2.05, 4.69) is 54.3 Å². The van der Waals surface area contributed by atoms with Crippen molar-refractivity contribution in [3.05, 3.63) is 24.0 Å². The highest BCUT2D eigenvalue weighted by Crippen LogP contribution is 2.47. The zero-order valence-electron chi connectivity index (χ0n) is 13.4. The summed E-state index contributed by atoms with van der Waals surface area (Å²) in [4.78, 5) is 7.74. The van der Waals surface area contributed by atoms with Gasteiger partial charge >= 0.3 is 0 Å². The molecule has 0 saturated heterocycles. The van der Waals surface area contributed by atoms with Crippen LogP contribution in [-0.4, -0.2) is 28.7 Å². The number of hydrogen-bond acceptors (Lipinski definition) is 3. The number of aromatic nitrogens is 2. The Morgan fingerprint density at radius 3 is 2.95 bits per heavy atom. The molecule has 0 aliphatic heterocycles. The first-order valence-corrected chi connectivity index (χ1v) is 7.91. The number of nitrogens with zero attached hydrogens (tertiary/aromatic N) is 1. The summed E-state index contributed by atoms with van der Waals surface area (Å²) in [6.45, 7) is 9.44. The second-order valence-electron chi connectivity index (χ2n) is 6.29. The third-order valence-corrected chi connectivity index (χ3v) is 5.05. The van der Waals surface area contributed by atoms with Gasteiger partial charge in [0.25, 0.3) is 0 Å². The summed E-state index contributed by atoms with van der Waals surface area (Å²) in [5.41, 5.74) is 3.49. The molecule has 0 amide bonds. The first-order chi connectivity index (χ1) is 10.1. The first-order valence-electron chi connectivity index (χ1n) is 7.91. The molecular formula is C17H25N3O. The number of fused-ring (bicyclic) bond motifs is 1. The summed E-state index contributed by atoms with van der Waals surface area (Å²) >= 11 is 0. The van der Waals surface area contributed by atoms with E-state index in [1.807, 2.05) is 6.92 Å². The van der Waals surface area contributed by atoms with Crippen molar-refractivity contribution >= 4 is 16.7 Å². The van der Waals surface area contributed by atoms with E-state index < -0.39 is 0 Å². The topological polar surface area (TPSA) is 49.9 Å². The second-order valence-corrected chi connectivity index (χ2v) is 6.29. The Morgan fingerprint density at radius 1 is 1.43 bits per heavy atom. The van der Waals surface area contributed by atoms with Crippen LogP contribution in [0.25, 0.3) is 11.0 Å². The summed E-state index contributed by atoms with van der Waals surface area (Å²) in [5, 5.41) is 3.68. The van der Waals surface area contributed by atoms with Gasteiger partial charge in [-0.15, -0.1) is 0 Å². The number of rotatable bonds is 5. The predicted octanol–water partition coefficient (Wildman–Crippen LogP) is 3.88. The van der Waals surface area contributed by atoms with E-state index in [-0.39, 0.29) is 5.41 Å². The lowest BCUT2D eigenvalue weighted by Gasteiger charge is -2.53. The Balaban J connectivity index is 1.76. The van der Waals surface area contributed by atoms with Crippen LogP contribution in [0, 0.1) is 12.3 Å². The lowest BCUT2D eigenvalue weighted by Crippen LogP contribution is -2.59. The predicted molar refractivity (Wildman–Crippen MR) is 86.7 cm³/mol. The molecule has 21 heavy (non-hydrogen) atoms. The lowest BCUT2D eigenvalue weighted by atomic mass is 9.61. The zero-order chi connectivity index (χ0) is 15.0. The van der Waals surface area contributed by atoms with Crippen LogP contribution in [0.3, 0.4) is 0 Å². The molecule has 4 heteroatoms. The molecule has 3 atom stereocenters. The van der Waals surface area contributed by atoms with Gasteiger partial charge in [0.15, 0.2) is 0 Å². The first kappa shape index (κ1) is 14.4. The molecule has 2 aromatic rings. The molecule has 4 nitrogen and oxygen atoms in total. The van der Waals surface area contributed by atoms with Gasteiger partial charge in [0.1, 0.15) is 5.82 Å². The number of anilines is 1. The van der Waals surface area contributed by atoms with Crippen molar-refractivity contribution < 1.29 is 4.74 Å². The van der Waals surface area contributed by atoms with Crippen LogP contribution in [0.2, 0.25) is 0 Å². The molecule has 0 radical (unpaired) electrons. The highest BCUT2D eigenvalue weighted by Gasteiger charge is 2.51. The minimum Gasteiger partial charge on any atom is -0.381 e. The number of imidazole rings is 1. The smallest absolute Gasteiger partial charge is 0.104 e. The normalized spacial score (nSPS) is 28.6. The van der Waals surface area contributed by atoms with E-state index in [0.29, 0.717) is 12.1 Å². The molecule has 114 valence electrons. The number of aryl methyl sites for hydroxylation is 1. The SMILES string of the molecule is CCOC1CC(Nc2ccc3nc(C)[nH]c3c2)C1(C)CC. The van der Waals surface area contributed by atoms with Crippen LogP contribution < -0.4 is 5.32 Å². The average molecular weight is 287 g/mol. The van der Waals surface area contributed by atoms with Crippen LogP contribution in [0.15, 0.2) is 18.2 Å². The van der Waals surface area contributed by atoms with E-state index >= 15 is 0 Å². The van der Waals surface area contributed by atoms with Crippen LogP contribution in [-0.2, 0) is 4.74 Å². The minimum atomic E-state index is 0.217. The molecule has 1 aliphatic carbocycles. The Hall–Kier alpha value is -1.55. The number of ether oxygens (including phenoxy) is 1. The molecule has 1 heterocycles. The van der Waals surface area contributed by atoms with Crippen LogP contribution in [0.5, 0.6) is 0 Å². The largest absolute Gasteiger partial charge is 0.381 e. The molecule has 1 saturated carbocycles. The fraction of sp³-hybridized carbons (Fsp3) is 0.588. The number of nitrogens with one attached hydrogen (secondary N) is 2. The molecule has 1 aromatic heterocycles. The number of aromatic amines is 1.